The average Bonchev–Trinajstić information content (AvgIpc) is 1.86. The average molecular weight is 201 g/mol. The van der Waals surface area contributed by atoms with Crippen LogP contribution in [0, 0.1) is 0 Å². The third kappa shape index (κ3) is 50.7. The number of rotatable bonds is 3. The molecular formula is C6H12NNaO5. The molecule has 0 radical (unpaired) electrons. The molecule has 0 saturated heterocycles. The van der Waals surface area contributed by atoms with Crippen molar-refractivity contribution in [1.82, 2.24) is 0 Å². The van der Waals surface area contributed by atoms with Crippen molar-refractivity contribution in [3.8, 4) is 0 Å². The number of aliphatic hydroxyl groups is 1. The van der Waals surface area contributed by atoms with E-state index in [1.54, 1.807) is 0 Å². The van der Waals surface area contributed by atoms with Crippen molar-refractivity contribution in [3.05, 3.63) is 0 Å². The molecule has 0 heterocycles. The Hall–Kier alpha value is -0.430. The minimum atomic E-state index is -1.08. The first-order valence-electron chi connectivity index (χ1n) is 3.03. The number of carbonyl (C=O) groups is 2. The molecule has 6 nitrogen and oxygen atoms in total. The van der Waals surface area contributed by atoms with Gasteiger partial charge >= 0.3 is 35.5 Å². The second-order valence-corrected chi connectivity index (χ2v) is 1.62. The summed E-state index contributed by atoms with van der Waals surface area (Å²) in [5.74, 6) is -1.92. The van der Waals surface area contributed by atoms with Crippen LogP contribution in [0.3, 0.4) is 0 Å². The zero-order valence-electron chi connectivity index (χ0n) is 8.60. The number of aliphatic carboxylic acids is 2. The SMILES string of the molecule is CC(=O)O.O=C(O)C=NCCO.[H-].[Na+]. The Kier molecular flexibility index (Phi) is 19.9. The first kappa shape index (κ1) is 18.4. The fraction of sp³-hybridized carbons (Fsp3) is 0.500. The zero-order valence-corrected chi connectivity index (χ0v) is 9.60. The molecule has 0 aliphatic carbocycles. The number of hydrogen-bond acceptors (Lipinski definition) is 4. The first-order chi connectivity index (χ1) is 5.50. The van der Waals surface area contributed by atoms with Crippen LogP contribution in [0.15, 0.2) is 4.99 Å². The molecule has 0 fully saturated rings. The minimum absolute atomic E-state index is 0. The van der Waals surface area contributed by atoms with Crippen LogP contribution in [0.4, 0.5) is 0 Å². The van der Waals surface area contributed by atoms with E-state index >= 15 is 0 Å². The molecular weight excluding hydrogens is 189 g/mol. The predicted molar refractivity (Wildman–Crippen MR) is 42.5 cm³/mol. The Balaban J connectivity index is -0.0000000733. The van der Waals surface area contributed by atoms with E-state index in [4.69, 9.17) is 20.1 Å². The molecule has 0 aromatic rings. The van der Waals surface area contributed by atoms with Crippen molar-refractivity contribution in [2.45, 2.75) is 6.92 Å². The largest absolute Gasteiger partial charge is 1.00 e. The third-order valence-electron chi connectivity index (χ3n) is 0.431. The second-order valence-electron chi connectivity index (χ2n) is 1.62. The van der Waals surface area contributed by atoms with Gasteiger partial charge in [0.1, 0.15) is 6.21 Å². The van der Waals surface area contributed by atoms with E-state index in [1.807, 2.05) is 0 Å². The zero-order chi connectivity index (χ0) is 9.98. The van der Waals surface area contributed by atoms with Gasteiger partial charge in [0, 0.05) is 6.92 Å². The maximum Gasteiger partial charge on any atom is 1.00 e. The Labute approximate surface area is 99.1 Å². The number of nitrogens with zero attached hydrogens (tertiary/aromatic N) is 1. The molecule has 13 heavy (non-hydrogen) atoms. The fourth-order valence-electron chi connectivity index (χ4n) is 0.200. The monoisotopic (exact) mass is 201 g/mol. The van der Waals surface area contributed by atoms with Crippen LogP contribution < -0.4 is 29.6 Å². The quantitative estimate of drug-likeness (QED) is 0.322. The smallest absolute Gasteiger partial charge is 1.00 e. The maximum atomic E-state index is 9.64. The van der Waals surface area contributed by atoms with Gasteiger partial charge in [0.05, 0.1) is 13.2 Å². The van der Waals surface area contributed by atoms with E-state index in [0.29, 0.717) is 0 Å². The van der Waals surface area contributed by atoms with Crippen LogP contribution >= 0.6 is 0 Å². The van der Waals surface area contributed by atoms with Crippen molar-refractivity contribution in [2.24, 2.45) is 4.99 Å². The molecule has 0 spiro atoms. The van der Waals surface area contributed by atoms with Gasteiger partial charge in [-0.1, -0.05) is 0 Å². The summed E-state index contributed by atoms with van der Waals surface area (Å²) in [6.07, 6.45) is 0.760. The van der Waals surface area contributed by atoms with Gasteiger partial charge in [0.2, 0.25) is 0 Å². The Morgan fingerprint density at radius 2 is 1.85 bits per heavy atom. The van der Waals surface area contributed by atoms with Crippen molar-refractivity contribution in [1.29, 1.82) is 0 Å². The van der Waals surface area contributed by atoms with Crippen LogP contribution in [0.1, 0.15) is 8.35 Å². The number of hydrogen-bond donors (Lipinski definition) is 3. The van der Waals surface area contributed by atoms with Crippen LogP contribution in [0.25, 0.3) is 0 Å². The minimum Gasteiger partial charge on any atom is -1.00 e. The van der Waals surface area contributed by atoms with Gasteiger partial charge in [-0.3, -0.25) is 9.79 Å². The second kappa shape index (κ2) is 14.1. The first-order valence-corrected chi connectivity index (χ1v) is 3.03. The number of aliphatic imine (C=N–C) groups is 1. The third-order valence-corrected chi connectivity index (χ3v) is 0.431. The van der Waals surface area contributed by atoms with Gasteiger partial charge in [-0.15, -0.1) is 0 Å². The molecule has 0 rings (SSSR count). The van der Waals surface area contributed by atoms with Gasteiger partial charge in [0.15, 0.2) is 0 Å². The molecule has 3 N–H and O–H groups in total. The summed E-state index contributed by atoms with van der Waals surface area (Å²) >= 11 is 0. The summed E-state index contributed by atoms with van der Waals surface area (Å²) in [5.41, 5.74) is 0. The molecule has 0 amide bonds. The van der Waals surface area contributed by atoms with Crippen LogP contribution in [0.2, 0.25) is 0 Å². The molecule has 0 aliphatic rings. The normalized spacial score (nSPS) is 8.15. The Bertz CT molecular complexity index is 172. The summed E-state index contributed by atoms with van der Waals surface area (Å²) < 4.78 is 0. The number of carboxylic acids is 2. The summed E-state index contributed by atoms with van der Waals surface area (Å²) in [5, 5.41) is 23.4. The van der Waals surface area contributed by atoms with Crippen molar-refractivity contribution < 1.29 is 55.9 Å². The van der Waals surface area contributed by atoms with Gasteiger partial charge < -0.3 is 16.7 Å². The van der Waals surface area contributed by atoms with E-state index in [0.717, 1.165) is 13.1 Å². The van der Waals surface area contributed by atoms with E-state index in [2.05, 4.69) is 4.99 Å². The molecule has 0 aromatic carbocycles. The molecule has 0 aromatic heterocycles. The maximum absolute atomic E-state index is 9.64. The molecule has 0 aliphatic heterocycles. The molecule has 0 atom stereocenters. The summed E-state index contributed by atoms with van der Waals surface area (Å²) in [7, 11) is 0. The fourth-order valence-corrected chi connectivity index (χ4v) is 0.200. The molecule has 0 bridgehead atoms. The Morgan fingerprint density at radius 3 is 2.08 bits per heavy atom. The molecule has 0 unspecified atom stereocenters. The summed E-state index contributed by atoms with van der Waals surface area (Å²) in [6, 6.07) is 0. The molecule has 72 valence electrons. The van der Waals surface area contributed by atoms with Crippen LogP contribution in [0.5, 0.6) is 0 Å². The summed E-state index contributed by atoms with van der Waals surface area (Å²) in [6.45, 7) is 1.14. The molecule has 7 heteroatoms. The van der Waals surface area contributed by atoms with E-state index in [-0.39, 0.29) is 44.1 Å². The van der Waals surface area contributed by atoms with Gasteiger partial charge in [-0.05, 0) is 0 Å². The Morgan fingerprint density at radius 1 is 1.46 bits per heavy atom. The van der Waals surface area contributed by atoms with Crippen LogP contribution in [-0.4, -0.2) is 46.6 Å². The van der Waals surface area contributed by atoms with Gasteiger partial charge in [-0.25, -0.2) is 4.79 Å². The van der Waals surface area contributed by atoms with E-state index in [1.165, 1.54) is 0 Å². The topological polar surface area (TPSA) is 107 Å². The van der Waals surface area contributed by atoms with Crippen molar-refractivity contribution in [2.75, 3.05) is 13.2 Å². The molecule has 0 saturated carbocycles. The van der Waals surface area contributed by atoms with Crippen molar-refractivity contribution >= 4 is 18.2 Å². The predicted octanol–water partition coefficient (Wildman–Crippen LogP) is -3.66. The number of aliphatic hydroxyl groups excluding tert-OH is 1. The van der Waals surface area contributed by atoms with Crippen molar-refractivity contribution in [3.63, 3.8) is 0 Å². The standard InChI is InChI=1S/C4H7NO3.C2H4O2.Na.H/c6-2-1-5-3-4(7)8;1-2(3)4;;/h3,6H,1-2H2,(H,7,8);1H3,(H,3,4);;/q;;+1;-1. The van der Waals surface area contributed by atoms with Gasteiger partial charge in [-0.2, -0.15) is 0 Å². The van der Waals surface area contributed by atoms with E-state index < -0.39 is 11.9 Å². The van der Waals surface area contributed by atoms with E-state index in [9.17, 15) is 4.79 Å². The van der Waals surface area contributed by atoms with Gasteiger partial charge in [0.25, 0.3) is 5.97 Å². The number of carboxylic acid groups (broad SMARTS) is 2. The summed E-state index contributed by atoms with van der Waals surface area (Å²) in [4.78, 5) is 22.0. The van der Waals surface area contributed by atoms with Crippen LogP contribution in [-0.2, 0) is 9.59 Å².